The van der Waals surface area contributed by atoms with Crippen molar-refractivity contribution in [2.45, 2.75) is 52.1 Å². The normalized spacial score (nSPS) is 23.5. The lowest BCUT2D eigenvalue weighted by molar-refractivity contribution is -0.0759. The van der Waals surface area contributed by atoms with Crippen LogP contribution in [0.3, 0.4) is 0 Å². The first-order valence-electron chi connectivity index (χ1n) is 5.93. The predicted octanol–water partition coefficient (Wildman–Crippen LogP) is 2.48. The molecule has 1 heterocycles. The standard InChI is InChI=1S/C12H22BFO4/c1-8(10(15-6)16-7)9(14)13-17-11(2,3)12(4,5)18-13/h10H,1-7H3. The van der Waals surface area contributed by atoms with E-state index in [1.54, 1.807) is 6.92 Å². The van der Waals surface area contributed by atoms with E-state index in [2.05, 4.69) is 0 Å². The summed E-state index contributed by atoms with van der Waals surface area (Å²) in [4.78, 5) is 0. The fourth-order valence-corrected chi connectivity index (χ4v) is 1.69. The van der Waals surface area contributed by atoms with Crippen LogP contribution in [0.1, 0.15) is 34.6 Å². The van der Waals surface area contributed by atoms with Crippen molar-refractivity contribution in [1.82, 2.24) is 0 Å². The zero-order valence-corrected chi connectivity index (χ0v) is 12.2. The SMILES string of the molecule is COC(OC)C(C)=C(F)B1OC(C)(C)C(C)(C)O1. The van der Waals surface area contributed by atoms with Crippen LogP contribution in [0.15, 0.2) is 11.3 Å². The van der Waals surface area contributed by atoms with E-state index >= 15 is 0 Å². The van der Waals surface area contributed by atoms with Crippen molar-refractivity contribution < 1.29 is 23.2 Å². The van der Waals surface area contributed by atoms with Gasteiger partial charge in [0.15, 0.2) is 6.29 Å². The van der Waals surface area contributed by atoms with Crippen LogP contribution in [0.5, 0.6) is 0 Å². The van der Waals surface area contributed by atoms with Gasteiger partial charge in [-0.1, -0.05) is 0 Å². The topological polar surface area (TPSA) is 36.9 Å². The molecule has 0 saturated carbocycles. The summed E-state index contributed by atoms with van der Waals surface area (Å²) in [7, 11) is 1.90. The van der Waals surface area contributed by atoms with Crippen LogP contribution in [-0.2, 0) is 18.8 Å². The van der Waals surface area contributed by atoms with Crippen molar-refractivity contribution in [3.8, 4) is 0 Å². The molecule has 18 heavy (non-hydrogen) atoms. The summed E-state index contributed by atoms with van der Waals surface area (Å²) in [5, 5.41) is 0. The van der Waals surface area contributed by atoms with Gasteiger partial charge in [-0.15, -0.1) is 0 Å². The predicted molar refractivity (Wildman–Crippen MR) is 67.7 cm³/mol. The van der Waals surface area contributed by atoms with Crippen LogP contribution in [0.25, 0.3) is 0 Å². The molecule has 0 aromatic rings. The summed E-state index contributed by atoms with van der Waals surface area (Å²) in [6.45, 7) is 9.09. The van der Waals surface area contributed by atoms with E-state index in [0.717, 1.165) is 0 Å². The van der Waals surface area contributed by atoms with Gasteiger partial charge in [0.25, 0.3) is 0 Å². The summed E-state index contributed by atoms with van der Waals surface area (Å²) in [6.07, 6.45) is -0.732. The molecule has 1 rings (SSSR count). The quantitative estimate of drug-likeness (QED) is 0.574. The number of hydrogen-bond acceptors (Lipinski definition) is 4. The number of halogens is 1. The molecule has 1 saturated heterocycles. The summed E-state index contributed by atoms with van der Waals surface area (Å²) >= 11 is 0. The zero-order chi connectivity index (χ0) is 14.1. The molecular weight excluding hydrogens is 238 g/mol. The first-order valence-corrected chi connectivity index (χ1v) is 5.93. The van der Waals surface area contributed by atoms with Crippen LogP contribution in [0, 0.1) is 0 Å². The lowest BCUT2D eigenvalue weighted by atomic mass is 9.85. The molecule has 0 atom stereocenters. The van der Waals surface area contributed by atoms with Crippen molar-refractivity contribution in [2.75, 3.05) is 14.2 Å². The molecule has 0 aromatic heterocycles. The van der Waals surface area contributed by atoms with Gasteiger partial charge in [0.05, 0.1) is 11.2 Å². The number of rotatable bonds is 4. The third kappa shape index (κ3) is 2.77. The second kappa shape index (κ2) is 5.29. The van der Waals surface area contributed by atoms with Gasteiger partial charge >= 0.3 is 7.12 Å². The van der Waals surface area contributed by atoms with E-state index < -0.39 is 30.3 Å². The molecule has 104 valence electrons. The van der Waals surface area contributed by atoms with Crippen molar-refractivity contribution in [3.05, 3.63) is 11.3 Å². The van der Waals surface area contributed by atoms with Gasteiger partial charge in [0.1, 0.15) is 5.73 Å². The minimum atomic E-state index is -1.01. The summed E-state index contributed by atoms with van der Waals surface area (Å²) in [5.41, 5.74) is -1.31. The Morgan fingerprint density at radius 3 is 1.78 bits per heavy atom. The second-order valence-corrected chi connectivity index (χ2v) is 5.42. The van der Waals surface area contributed by atoms with E-state index in [1.165, 1.54) is 14.2 Å². The lowest BCUT2D eigenvalue weighted by Crippen LogP contribution is -2.41. The maximum Gasteiger partial charge on any atom is 0.525 e. The molecule has 0 aliphatic carbocycles. The highest BCUT2D eigenvalue weighted by Crippen LogP contribution is 2.39. The Balaban J connectivity index is 2.94. The van der Waals surface area contributed by atoms with Crippen LogP contribution in [-0.4, -0.2) is 38.8 Å². The van der Waals surface area contributed by atoms with Gasteiger partial charge in [-0.2, -0.15) is 0 Å². The molecule has 1 aliphatic heterocycles. The summed E-state index contributed by atoms with van der Waals surface area (Å²) in [6, 6.07) is 0. The van der Waals surface area contributed by atoms with Gasteiger partial charge in [0.2, 0.25) is 0 Å². The molecule has 0 radical (unpaired) electrons. The minimum absolute atomic E-state index is 0.318. The third-order valence-electron chi connectivity index (χ3n) is 3.62. The van der Waals surface area contributed by atoms with Gasteiger partial charge in [0, 0.05) is 19.8 Å². The number of ether oxygens (including phenoxy) is 2. The van der Waals surface area contributed by atoms with Gasteiger partial charge in [-0.3, -0.25) is 0 Å². The average Bonchev–Trinajstić information content (AvgIpc) is 2.48. The molecule has 0 amide bonds. The van der Waals surface area contributed by atoms with Crippen LogP contribution < -0.4 is 0 Å². The minimum Gasteiger partial charge on any atom is -0.398 e. The van der Waals surface area contributed by atoms with Gasteiger partial charge < -0.3 is 18.8 Å². The van der Waals surface area contributed by atoms with Crippen LogP contribution in [0.2, 0.25) is 0 Å². The maximum absolute atomic E-state index is 14.3. The Morgan fingerprint density at radius 1 is 1.06 bits per heavy atom. The molecule has 1 aliphatic rings. The van der Waals surface area contributed by atoms with Crippen LogP contribution >= 0.6 is 0 Å². The van der Waals surface area contributed by atoms with Crippen molar-refractivity contribution in [2.24, 2.45) is 0 Å². The Kier molecular flexibility index (Phi) is 4.59. The Hall–Kier alpha value is -0.425. The van der Waals surface area contributed by atoms with E-state index in [4.69, 9.17) is 18.8 Å². The van der Waals surface area contributed by atoms with Gasteiger partial charge in [-0.05, 0) is 34.6 Å². The van der Waals surface area contributed by atoms with Crippen LogP contribution in [0.4, 0.5) is 4.39 Å². The fraction of sp³-hybridized carbons (Fsp3) is 0.833. The molecular formula is C12H22BFO4. The smallest absolute Gasteiger partial charge is 0.398 e. The highest BCUT2D eigenvalue weighted by atomic mass is 19.1. The van der Waals surface area contributed by atoms with E-state index in [-0.39, 0.29) is 0 Å². The average molecular weight is 260 g/mol. The molecule has 0 N–H and O–H groups in total. The number of hydrogen-bond donors (Lipinski definition) is 0. The molecule has 0 unspecified atom stereocenters. The van der Waals surface area contributed by atoms with Crippen molar-refractivity contribution in [3.63, 3.8) is 0 Å². The lowest BCUT2D eigenvalue weighted by Gasteiger charge is -2.32. The Morgan fingerprint density at radius 2 is 1.44 bits per heavy atom. The van der Waals surface area contributed by atoms with E-state index in [9.17, 15) is 4.39 Å². The highest BCUT2D eigenvalue weighted by molar-refractivity contribution is 6.53. The monoisotopic (exact) mass is 260 g/mol. The van der Waals surface area contributed by atoms with Gasteiger partial charge in [-0.25, -0.2) is 4.39 Å². The van der Waals surface area contributed by atoms with Crippen molar-refractivity contribution in [1.29, 1.82) is 0 Å². The van der Waals surface area contributed by atoms with Crippen molar-refractivity contribution >= 4 is 7.12 Å². The molecule has 0 bridgehead atoms. The molecule has 0 spiro atoms. The first kappa shape index (κ1) is 15.6. The second-order valence-electron chi connectivity index (χ2n) is 5.42. The molecule has 6 heteroatoms. The Labute approximate surface area is 109 Å². The molecule has 1 fully saturated rings. The first-order chi connectivity index (χ1) is 8.16. The Bertz CT molecular complexity index is 321. The highest BCUT2D eigenvalue weighted by Gasteiger charge is 2.53. The molecule has 0 aromatic carbocycles. The third-order valence-corrected chi connectivity index (χ3v) is 3.62. The largest absolute Gasteiger partial charge is 0.525 e. The maximum atomic E-state index is 14.3. The zero-order valence-electron chi connectivity index (χ0n) is 12.2. The summed E-state index contributed by atoms with van der Waals surface area (Å²) in [5.74, 6) is 0. The van der Waals surface area contributed by atoms with E-state index in [0.29, 0.717) is 5.57 Å². The molecule has 4 nitrogen and oxygen atoms in total. The summed E-state index contributed by atoms with van der Waals surface area (Å²) < 4.78 is 35.6. The fourth-order valence-electron chi connectivity index (χ4n) is 1.69. The van der Waals surface area contributed by atoms with E-state index in [1.807, 2.05) is 27.7 Å². The number of methoxy groups -OCH3 is 2.